The molecule has 4 aliphatic heterocycles. The number of aliphatic hydroxyl groups is 8. The summed E-state index contributed by atoms with van der Waals surface area (Å²) >= 11 is 0. The average Bonchev–Trinajstić information content (AvgIpc) is 4.02. The molecule has 8 N–H and O–H groups in total. The number of hydrogen-bond donors (Lipinski definition) is 8. The number of hydrogen-bond acceptors (Lipinski definition) is 16. The van der Waals surface area contributed by atoms with Crippen molar-refractivity contribution in [1.82, 2.24) is 0 Å². The van der Waals surface area contributed by atoms with Gasteiger partial charge in [-0.2, -0.15) is 4.57 Å². The van der Waals surface area contributed by atoms with Gasteiger partial charge >= 0.3 is 5.97 Å². The van der Waals surface area contributed by atoms with Crippen molar-refractivity contribution < 1.29 is 83.4 Å². The molecule has 1 saturated heterocycles. The Morgan fingerprint density at radius 1 is 0.909 bits per heavy atom. The Kier molecular flexibility index (Phi) is 11.4. The lowest BCUT2D eigenvalue weighted by atomic mass is 9.40. The normalized spacial score (nSPS) is 40.7. The highest BCUT2D eigenvalue weighted by molar-refractivity contribution is 5.91. The molecule has 0 unspecified atom stereocenters. The van der Waals surface area contributed by atoms with E-state index in [1.807, 2.05) is 13.0 Å². The third-order valence-electron chi connectivity index (χ3n) is 17.2. The fraction of sp³-hybridized carbons (Fsp3) is 0.633. The van der Waals surface area contributed by atoms with Gasteiger partial charge in [-0.3, -0.25) is 0 Å². The second-order valence-corrected chi connectivity index (χ2v) is 20.1. The van der Waals surface area contributed by atoms with E-state index in [1.165, 1.54) is 29.8 Å². The molecular weight excluding hydrogens is 859 g/mol. The van der Waals surface area contributed by atoms with Crippen molar-refractivity contribution in [2.45, 2.75) is 132 Å². The van der Waals surface area contributed by atoms with Crippen LogP contribution in [-0.4, -0.2) is 141 Å². The van der Waals surface area contributed by atoms with Gasteiger partial charge in [-0.15, -0.1) is 0 Å². The Morgan fingerprint density at radius 3 is 2.39 bits per heavy atom. The summed E-state index contributed by atoms with van der Waals surface area (Å²) in [5, 5.41) is 91.7. The molecule has 17 heteroatoms. The van der Waals surface area contributed by atoms with E-state index >= 15 is 0 Å². The molecule has 0 spiro atoms. The summed E-state index contributed by atoms with van der Waals surface area (Å²) in [4.78, 5) is 11.8. The summed E-state index contributed by atoms with van der Waals surface area (Å²) < 4.78 is 41.1. The first-order valence-corrected chi connectivity index (χ1v) is 23.2. The van der Waals surface area contributed by atoms with Gasteiger partial charge in [-0.05, 0) is 91.7 Å². The van der Waals surface area contributed by atoms with Gasteiger partial charge in [0.2, 0.25) is 12.5 Å². The van der Waals surface area contributed by atoms with Crippen molar-refractivity contribution >= 4 is 16.7 Å². The maximum Gasteiger partial charge on any atom is 0.331 e. The number of nitrogens with zero attached hydrogens (tertiary/aromatic N) is 1. The number of aliphatic hydroxyl groups excluding tert-OH is 6. The summed E-state index contributed by atoms with van der Waals surface area (Å²) in [6, 6.07) is 10.4. The van der Waals surface area contributed by atoms with E-state index in [0.29, 0.717) is 26.1 Å². The summed E-state index contributed by atoms with van der Waals surface area (Å²) in [7, 11) is 3.34. The number of rotatable bonds is 6. The Bertz CT molecular complexity index is 2430. The number of esters is 1. The second-order valence-electron chi connectivity index (χ2n) is 20.1. The zero-order valence-corrected chi connectivity index (χ0v) is 37.7. The average molecular weight is 921 g/mol. The second kappa shape index (κ2) is 16.5. The van der Waals surface area contributed by atoms with Crippen molar-refractivity contribution in [3.05, 3.63) is 53.7 Å². The smallest absolute Gasteiger partial charge is 0.331 e. The third-order valence-corrected chi connectivity index (χ3v) is 17.2. The number of aryl methyl sites for hydroxylation is 2. The van der Waals surface area contributed by atoms with Crippen LogP contribution in [0.2, 0.25) is 0 Å². The van der Waals surface area contributed by atoms with Crippen LogP contribution in [-0.2, 0) is 32.0 Å². The number of aromatic nitrogens is 1. The van der Waals surface area contributed by atoms with Crippen LogP contribution in [0.3, 0.4) is 0 Å². The molecule has 66 heavy (non-hydrogen) atoms. The van der Waals surface area contributed by atoms with Crippen LogP contribution >= 0.6 is 0 Å². The van der Waals surface area contributed by atoms with E-state index in [1.54, 1.807) is 14.2 Å². The predicted molar refractivity (Wildman–Crippen MR) is 231 cm³/mol. The minimum Gasteiger partial charge on any atom is -0.493 e. The highest BCUT2D eigenvalue weighted by atomic mass is 16.7. The summed E-state index contributed by atoms with van der Waals surface area (Å²) in [5.74, 6) is 1.25. The molecule has 15 atom stereocenters. The summed E-state index contributed by atoms with van der Waals surface area (Å²) in [5.41, 5.74) is -0.786. The Balaban J connectivity index is 0.000000174. The minimum atomic E-state index is -1.67. The molecule has 5 heterocycles. The predicted octanol–water partition coefficient (Wildman–Crippen LogP) is 1.58. The number of carbonyl (C=O) groups excluding carboxylic acids is 1. The summed E-state index contributed by atoms with van der Waals surface area (Å²) in [6.45, 7) is 4.22. The Hall–Kier alpha value is -4.14. The zero-order valence-electron chi connectivity index (χ0n) is 37.7. The number of ether oxygens (including phenoxy) is 7. The van der Waals surface area contributed by atoms with Crippen molar-refractivity contribution in [2.75, 3.05) is 34.2 Å². The zero-order chi connectivity index (χ0) is 46.7. The van der Waals surface area contributed by atoms with Crippen molar-refractivity contribution in [2.24, 2.45) is 28.6 Å². The number of benzene rings is 2. The lowest BCUT2D eigenvalue weighted by Crippen LogP contribution is -2.76. The van der Waals surface area contributed by atoms with Gasteiger partial charge in [-0.1, -0.05) is 6.92 Å². The molecule has 4 saturated carbocycles. The number of fused-ring (bicyclic) bond motifs is 10. The molecule has 2 aromatic carbocycles. The molecule has 0 bridgehead atoms. The fourth-order valence-corrected chi connectivity index (χ4v) is 13.9. The van der Waals surface area contributed by atoms with Crippen LogP contribution in [0.5, 0.6) is 23.0 Å². The molecule has 0 radical (unpaired) electrons. The lowest BCUT2D eigenvalue weighted by Gasteiger charge is -2.68. The van der Waals surface area contributed by atoms with Gasteiger partial charge in [0, 0.05) is 42.7 Å². The van der Waals surface area contributed by atoms with Gasteiger partial charge < -0.3 is 74.0 Å². The molecule has 1 aromatic heterocycles. The highest BCUT2D eigenvalue weighted by Crippen LogP contribution is 2.71. The van der Waals surface area contributed by atoms with E-state index in [0.717, 1.165) is 52.3 Å². The Labute approximate surface area is 382 Å². The molecule has 0 amide bonds. The molecule has 4 aliphatic carbocycles. The SMILES string of the molecule is COc1ccc2cc3[n+](cc2c1OC)CCc1cc2c(cc1-3)OCO2.C[C@@H]1O[C@@H](O[C@H]2C[C@@H](O)[C@]3(CO)[C@H]4[C@H](O)C[C@]5(C)[C@@H](C6=CC(=O)OC6)CC[C@]5(O)[C@@H]4CC[C@]3(O)C2)[C@H](O)[C@H](O)[C@H]1O. The molecule has 5 fully saturated rings. The first-order valence-electron chi connectivity index (χ1n) is 23.2. The first kappa shape index (κ1) is 45.6. The first-order chi connectivity index (χ1) is 31.5. The fourth-order valence-electron chi connectivity index (χ4n) is 13.9. The van der Waals surface area contributed by atoms with Gasteiger partial charge in [0.25, 0.3) is 0 Å². The van der Waals surface area contributed by atoms with Crippen molar-refractivity contribution in [1.29, 1.82) is 0 Å². The van der Waals surface area contributed by atoms with Crippen LogP contribution in [0, 0.1) is 28.6 Å². The minimum absolute atomic E-state index is 0.0369. The van der Waals surface area contributed by atoms with E-state index in [-0.39, 0.29) is 38.2 Å². The topological polar surface area (TPSA) is 247 Å². The van der Waals surface area contributed by atoms with Gasteiger partial charge in [0.1, 0.15) is 24.9 Å². The maximum atomic E-state index is 12.4. The van der Waals surface area contributed by atoms with Crippen molar-refractivity contribution in [3.8, 4) is 34.3 Å². The molecular formula is C49H62NO16+. The number of methoxy groups -OCH3 is 2. The molecule has 11 rings (SSSR count). The lowest BCUT2D eigenvalue weighted by molar-refractivity contribution is -0.686. The Morgan fingerprint density at radius 2 is 1.68 bits per heavy atom. The van der Waals surface area contributed by atoms with Gasteiger partial charge in [0.15, 0.2) is 42.0 Å². The van der Waals surface area contributed by atoms with Crippen LogP contribution in [0.4, 0.5) is 0 Å². The van der Waals surface area contributed by atoms with Crippen LogP contribution < -0.4 is 23.5 Å². The number of pyridine rings is 1. The highest BCUT2D eigenvalue weighted by Gasteiger charge is 2.75. The largest absolute Gasteiger partial charge is 0.493 e. The van der Waals surface area contributed by atoms with Gasteiger partial charge in [-0.25, -0.2) is 4.79 Å². The molecule has 17 nitrogen and oxygen atoms in total. The van der Waals surface area contributed by atoms with E-state index < -0.39 is 95.5 Å². The molecule has 3 aromatic rings. The monoisotopic (exact) mass is 920 g/mol. The third kappa shape index (κ3) is 6.71. The van der Waals surface area contributed by atoms with Crippen LogP contribution in [0.1, 0.15) is 64.4 Å². The van der Waals surface area contributed by atoms with E-state index in [2.05, 4.69) is 35.0 Å². The number of cyclic esters (lactones) is 1. The molecule has 8 aliphatic rings. The molecule has 358 valence electrons. The van der Waals surface area contributed by atoms with Gasteiger partial charge in [0.05, 0.1) is 72.8 Å². The van der Waals surface area contributed by atoms with E-state index in [4.69, 9.17) is 33.2 Å². The van der Waals surface area contributed by atoms with E-state index in [9.17, 15) is 45.6 Å². The number of carbonyl (C=O) groups is 1. The summed E-state index contributed by atoms with van der Waals surface area (Å²) in [6.07, 6.45) is -3.57. The van der Waals surface area contributed by atoms with Crippen LogP contribution in [0.25, 0.3) is 22.0 Å². The standard InChI is InChI=1S/C29H44O12.C20H18NO4/c1-13-22(34)23(35)24(36)25(40-13)41-15-8-19(32)28(12-30)21-17(3-5-27(28,37)9-15)29(38)6-4-16(14-7-20(33)39-11-14)26(29,2)10-18(21)31;1-22-17-4-3-12-7-16-14-9-19-18(24-11-25-19)8-13(14)5-6-21(16)10-15(12)20(17)23-2/h7,13,15-19,21-25,30-32,34-38H,3-6,8-12H2,1-2H3;3-4,7-10H,5-6,11H2,1-2H3/q;+1/t13-,15-,16+,17+,18+,19+,21+,22-,23+,24+,25-,26+,27-,28+,29-;/m0./s1. The maximum absolute atomic E-state index is 12.4. The van der Waals surface area contributed by atoms with Crippen LogP contribution in [0.15, 0.2) is 48.2 Å². The van der Waals surface area contributed by atoms with Crippen molar-refractivity contribution in [3.63, 3.8) is 0 Å². The quantitative estimate of drug-likeness (QED) is 0.0994.